The van der Waals surface area contributed by atoms with Gasteiger partial charge in [-0.25, -0.2) is 4.79 Å². The lowest BCUT2D eigenvalue weighted by Gasteiger charge is -2.14. The quantitative estimate of drug-likeness (QED) is 0.780. The molecule has 0 heterocycles. The zero-order valence-electron chi connectivity index (χ0n) is 9.16. The standard InChI is InChI=1S/C12H17NO2/c1-3-4-11(12(14)15)13-10-7-5-9(2)6-8-10/h5-8,11,13H,3-4H2,1-2H3,(H,14,15)/t11-/m0/s1. The SMILES string of the molecule is CCC[C@H](Nc1ccc(C)cc1)C(=O)O. The van der Waals surface area contributed by atoms with Crippen molar-refractivity contribution in [3.05, 3.63) is 29.8 Å². The van der Waals surface area contributed by atoms with Crippen LogP contribution in [0.1, 0.15) is 25.3 Å². The highest BCUT2D eigenvalue weighted by Gasteiger charge is 2.15. The first-order chi connectivity index (χ1) is 7.13. The second-order valence-corrected chi connectivity index (χ2v) is 3.69. The van der Waals surface area contributed by atoms with E-state index in [1.807, 2.05) is 38.1 Å². The predicted molar refractivity (Wildman–Crippen MR) is 61.1 cm³/mol. The van der Waals surface area contributed by atoms with Crippen LogP contribution in [0.4, 0.5) is 5.69 Å². The molecule has 0 bridgehead atoms. The van der Waals surface area contributed by atoms with E-state index >= 15 is 0 Å². The maximum Gasteiger partial charge on any atom is 0.326 e. The molecule has 0 aromatic heterocycles. The number of anilines is 1. The highest BCUT2D eigenvalue weighted by Crippen LogP contribution is 2.12. The van der Waals surface area contributed by atoms with Crippen LogP contribution in [0.25, 0.3) is 0 Å². The zero-order valence-corrected chi connectivity index (χ0v) is 9.16. The van der Waals surface area contributed by atoms with Crippen molar-refractivity contribution >= 4 is 11.7 Å². The Labute approximate surface area is 90.1 Å². The molecule has 0 saturated carbocycles. The maximum absolute atomic E-state index is 10.9. The Hall–Kier alpha value is -1.51. The topological polar surface area (TPSA) is 49.3 Å². The fourth-order valence-corrected chi connectivity index (χ4v) is 1.40. The van der Waals surface area contributed by atoms with Crippen LogP contribution in [0, 0.1) is 6.92 Å². The largest absolute Gasteiger partial charge is 0.480 e. The highest BCUT2D eigenvalue weighted by molar-refractivity contribution is 5.77. The van der Waals surface area contributed by atoms with Gasteiger partial charge in [0.1, 0.15) is 6.04 Å². The van der Waals surface area contributed by atoms with Crippen molar-refractivity contribution in [1.82, 2.24) is 0 Å². The fraction of sp³-hybridized carbons (Fsp3) is 0.417. The molecule has 0 amide bonds. The van der Waals surface area contributed by atoms with Crippen LogP contribution in [0.2, 0.25) is 0 Å². The van der Waals surface area contributed by atoms with Crippen molar-refractivity contribution in [2.75, 3.05) is 5.32 Å². The molecule has 0 spiro atoms. The number of carbonyl (C=O) groups is 1. The summed E-state index contributed by atoms with van der Waals surface area (Å²) in [6, 6.07) is 7.25. The van der Waals surface area contributed by atoms with Crippen LogP contribution in [-0.2, 0) is 4.79 Å². The summed E-state index contributed by atoms with van der Waals surface area (Å²) < 4.78 is 0. The summed E-state index contributed by atoms with van der Waals surface area (Å²) in [6.07, 6.45) is 1.50. The minimum atomic E-state index is -0.794. The van der Waals surface area contributed by atoms with Crippen LogP contribution < -0.4 is 5.32 Å². The maximum atomic E-state index is 10.9. The molecule has 0 radical (unpaired) electrons. The molecular weight excluding hydrogens is 190 g/mol. The second kappa shape index (κ2) is 5.39. The van der Waals surface area contributed by atoms with Gasteiger partial charge in [-0.05, 0) is 25.5 Å². The van der Waals surface area contributed by atoms with E-state index in [2.05, 4.69) is 5.32 Å². The molecule has 15 heavy (non-hydrogen) atoms. The number of aryl methyl sites for hydroxylation is 1. The molecule has 82 valence electrons. The van der Waals surface area contributed by atoms with E-state index in [1.54, 1.807) is 0 Å². The highest BCUT2D eigenvalue weighted by atomic mass is 16.4. The number of hydrogen-bond acceptors (Lipinski definition) is 2. The number of hydrogen-bond donors (Lipinski definition) is 2. The Morgan fingerprint density at radius 2 is 2.00 bits per heavy atom. The number of carboxylic acid groups (broad SMARTS) is 1. The molecule has 0 unspecified atom stereocenters. The summed E-state index contributed by atoms with van der Waals surface area (Å²) in [6.45, 7) is 3.98. The third-order valence-electron chi connectivity index (χ3n) is 2.27. The van der Waals surface area contributed by atoms with E-state index in [9.17, 15) is 4.79 Å². The van der Waals surface area contributed by atoms with Gasteiger partial charge in [-0.15, -0.1) is 0 Å². The van der Waals surface area contributed by atoms with Crippen LogP contribution in [0.5, 0.6) is 0 Å². The Morgan fingerprint density at radius 1 is 1.40 bits per heavy atom. The lowest BCUT2D eigenvalue weighted by molar-refractivity contribution is -0.138. The first kappa shape index (κ1) is 11.6. The van der Waals surface area contributed by atoms with Crippen molar-refractivity contribution in [2.45, 2.75) is 32.7 Å². The van der Waals surface area contributed by atoms with Crippen LogP contribution >= 0.6 is 0 Å². The Morgan fingerprint density at radius 3 is 2.47 bits per heavy atom. The van der Waals surface area contributed by atoms with Crippen molar-refractivity contribution in [2.24, 2.45) is 0 Å². The molecule has 0 aliphatic rings. The molecule has 1 atom stereocenters. The molecule has 0 aliphatic heterocycles. The first-order valence-electron chi connectivity index (χ1n) is 5.19. The molecule has 3 heteroatoms. The minimum Gasteiger partial charge on any atom is -0.480 e. The summed E-state index contributed by atoms with van der Waals surface area (Å²) in [4.78, 5) is 10.9. The lowest BCUT2D eigenvalue weighted by atomic mass is 10.1. The fourth-order valence-electron chi connectivity index (χ4n) is 1.40. The summed E-state index contributed by atoms with van der Waals surface area (Å²) in [5.41, 5.74) is 2.03. The Balaban J connectivity index is 2.65. The van der Waals surface area contributed by atoms with E-state index in [-0.39, 0.29) is 0 Å². The van der Waals surface area contributed by atoms with Crippen molar-refractivity contribution in [1.29, 1.82) is 0 Å². The van der Waals surface area contributed by atoms with Gasteiger partial charge >= 0.3 is 5.97 Å². The second-order valence-electron chi connectivity index (χ2n) is 3.69. The molecule has 1 aromatic rings. The predicted octanol–water partition coefficient (Wildman–Crippen LogP) is 2.66. The average molecular weight is 207 g/mol. The molecule has 0 saturated heterocycles. The lowest BCUT2D eigenvalue weighted by Crippen LogP contribution is -2.28. The van der Waals surface area contributed by atoms with E-state index in [4.69, 9.17) is 5.11 Å². The normalized spacial score (nSPS) is 12.1. The van der Waals surface area contributed by atoms with E-state index in [0.29, 0.717) is 6.42 Å². The van der Waals surface area contributed by atoms with Crippen LogP contribution in [-0.4, -0.2) is 17.1 Å². The first-order valence-corrected chi connectivity index (χ1v) is 5.19. The molecule has 0 fully saturated rings. The molecular formula is C12H17NO2. The summed E-state index contributed by atoms with van der Waals surface area (Å²) in [7, 11) is 0. The Kier molecular flexibility index (Phi) is 4.16. The van der Waals surface area contributed by atoms with Gasteiger partial charge in [0.05, 0.1) is 0 Å². The van der Waals surface area contributed by atoms with Crippen molar-refractivity contribution in [3.8, 4) is 0 Å². The van der Waals surface area contributed by atoms with Gasteiger partial charge in [0.15, 0.2) is 0 Å². The molecule has 2 N–H and O–H groups in total. The van der Waals surface area contributed by atoms with Gasteiger partial charge in [0, 0.05) is 5.69 Å². The summed E-state index contributed by atoms with van der Waals surface area (Å²) >= 11 is 0. The van der Waals surface area contributed by atoms with Gasteiger partial charge in [0.2, 0.25) is 0 Å². The number of benzene rings is 1. The van der Waals surface area contributed by atoms with Gasteiger partial charge < -0.3 is 10.4 Å². The Bertz CT molecular complexity index is 319. The minimum absolute atomic E-state index is 0.488. The van der Waals surface area contributed by atoms with E-state index in [0.717, 1.165) is 12.1 Å². The van der Waals surface area contributed by atoms with Gasteiger partial charge in [-0.1, -0.05) is 31.0 Å². The van der Waals surface area contributed by atoms with Crippen molar-refractivity contribution < 1.29 is 9.90 Å². The van der Waals surface area contributed by atoms with Gasteiger partial charge in [0.25, 0.3) is 0 Å². The van der Waals surface area contributed by atoms with Gasteiger partial charge in [-0.3, -0.25) is 0 Å². The van der Waals surface area contributed by atoms with E-state index in [1.165, 1.54) is 5.56 Å². The third kappa shape index (κ3) is 3.62. The molecule has 0 aliphatic carbocycles. The molecule has 3 nitrogen and oxygen atoms in total. The zero-order chi connectivity index (χ0) is 11.3. The smallest absolute Gasteiger partial charge is 0.326 e. The monoisotopic (exact) mass is 207 g/mol. The van der Waals surface area contributed by atoms with E-state index < -0.39 is 12.0 Å². The number of nitrogens with one attached hydrogen (secondary N) is 1. The third-order valence-corrected chi connectivity index (χ3v) is 2.27. The van der Waals surface area contributed by atoms with Crippen molar-refractivity contribution in [3.63, 3.8) is 0 Å². The average Bonchev–Trinajstić information content (AvgIpc) is 2.20. The molecule has 1 rings (SSSR count). The van der Waals surface area contributed by atoms with Crippen LogP contribution in [0.3, 0.4) is 0 Å². The number of rotatable bonds is 5. The van der Waals surface area contributed by atoms with Crippen LogP contribution in [0.15, 0.2) is 24.3 Å². The summed E-state index contributed by atoms with van der Waals surface area (Å²) in [5.74, 6) is -0.794. The molecule has 1 aromatic carbocycles. The summed E-state index contributed by atoms with van der Waals surface area (Å²) in [5, 5.41) is 12.0. The number of aliphatic carboxylic acids is 1. The van der Waals surface area contributed by atoms with Gasteiger partial charge in [-0.2, -0.15) is 0 Å². The number of carboxylic acids is 1.